The van der Waals surface area contributed by atoms with Crippen LogP contribution in [0.2, 0.25) is 0 Å². The van der Waals surface area contributed by atoms with Crippen molar-refractivity contribution in [1.82, 2.24) is 4.98 Å². The zero-order valence-corrected chi connectivity index (χ0v) is 10.9. The lowest BCUT2D eigenvalue weighted by Crippen LogP contribution is -2.31. The summed E-state index contributed by atoms with van der Waals surface area (Å²) in [5.74, 6) is -2.56. The van der Waals surface area contributed by atoms with Crippen molar-refractivity contribution in [3.63, 3.8) is 0 Å². The van der Waals surface area contributed by atoms with Crippen LogP contribution in [0.1, 0.15) is 13.3 Å². The highest BCUT2D eigenvalue weighted by Gasteiger charge is 2.11. The van der Waals surface area contributed by atoms with Crippen molar-refractivity contribution in [3.8, 4) is 16.9 Å². The number of fused-ring (bicyclic) bond motifs is 1. The number of phenolic OH excluding ortho intramolecular Hbond substituents is 1. The van der Waals surface area contributed by atoms with E-state index < -0.39 is 17.4 Å². The maximum absolute atomic E-state index is 13.4. The Labute approximate surface area is 114 Å². The third kappa shape index (κ3) is 2.18. The van der Waals surface area contributed by atoms with E-state index in [0.717, 1.165) is 23.1 Å². The van der Waals surface area contributed by atoms with E-state index in [4.69, 9.17) is 0 Å². The Morgan fingerprint density at radius 1 is 1.20 bits per heavy atom. The summed E-state index contributed by atoms with van der Waals surface area (Å²) in [5, 5.41) is 11.3. The maximum Gasteiger partial charge on any atom is 0.200 e. The summed E-state index contributed by atoms with van der Waals surface area (Å²) in [4.78, 5) is 4.33. The Balaban J connectivity index is 2.17. The van der Waals surface area contributed by atoms with Gasteiger partial charge in [0.05, 0.1) is 5.35 Å². The second-order valence-electron chi connectivity index (χ2n) is 5.07. The van der Waals surface area contributed by atoms with Crippen molar-refractivity contribution in [3.05, 3.63) is 46.6 Å². The lowest BCUT2D eigenvalue weighted by atomic mass is 9.99. The van der Waals surface area contributed by atoms with Gasteiger partial charge in [0.2, 0.25) is 0 Å². The molecule has 0 amide bonds. The van der Waals surface area contributed by atoms with Gasteiger partial charge in [-0.25, -0.2) is 4.39 Å². The molecular weight excluding hydrogens is 260 g/mol. The van der Waals surface area contributed by atoms with E-state index in [0.29, 0.717) is 17.0 Å². The molecule has 2 aromatic rings. The van der Waals surface area contributed by atoms with E-state index in [1.54, 1.807) is 6.20 Å². The van der Waals surface area contributed by atoms with E-state index in [-0.39, 0.29) is 0 Å². The van der Waals surface area contributed by atoms with Crippen LogP contribution in [0.5, 0.6) is 5.75 Å². The lowest BCUT2D eigenvalue weighted by Gasteiger charge is -2.09. The van der Waals surface area contributed by atoms with Crippen molar-refractivity contribution < 1.29 is 13.9 Å². The van der Waals surface area contributed by atoms with E-state index in [1.165, 1.54) is 6.07 Å². The zero-order chi connectivity index (χ0) is 14.3. The fraction of sp³-hybridized carbons (Fsp3) is 0.188. The number of hydrogen-bond donors (Lipinski definition) is 1. The number of halogens is 2. The van der Waals surface area contributed by atoms with Gasteiger partial charge in [-0.1, -0.05) is 19.1 Å². The summed E-state index contributed by atoms with van der Waals surface area (Å²) in [6.07, 6.45) is 6.72. The molecule has 0 aliphatic heterocycles. The molecular formula is C16H13F2NO. The highest BCUT2D eigenvalue weighted by Crippen LogP contribution is 2.26. The number of phenols is 1. The van der Waals surface area contributed by atoms with Crippen LogP contribution < -0.4 is 10.6 Å². The van der Waals surface area contributed by atoms with Crippen molar-refractivity contribution in [2.45, 2.75) is 13.3 Å². The summed E-state index contributed by atoms with van der Waals surface area (Å²) in [6, 6.07) is 4.15. The van der Waals surface area contributed by atoms with Gasteiger partial charge in [0.25, 0.3) is 0 Å². The van der Waals surface area contributed by atoms with Gasteiger partial charge in [-0.15, -0.1) is 0 Å². The number of hydrogen-bond acceptors (Lipinski definition) is 2. The second kappa shape index (κ2) is 4.71. The summed E-state index contributed by atoms with van der Waals surface area (Å²) in [6.45, 7) is 2.11. The molecule has 1 N–H and O–H groups in total. The Hall–Kier alpha value is -2.23. The van der Waals surface area contributed by atoms with Crippen molar-refractivity contribution in [1.29, 1.82) is 0 Å². The molecule has 1 aliphatic carbocycles. The van der Waals surface area contributed by atoms with Crippen molar-refractivity contribution in [2.24, 2.45) is 5.92 Å². The highest BCUT2D eigenvalue weighted by atomic mass is 19.2. The average Bonchev–Trinajstić information content (AvgIpc) is 2.43. The first kappa shape index (κ1) is 12.8. The summed E-state index contributed by atoms with van der Waals surface area (Å²) >= 11 is 0. The molecule has 2 nitrogen and oxygen atoms in total. The van der Waals surface area contributed by atoms with Crippen molar-refractivity contribution >= 4 is 12.2 Å². The second-order valence-corrected chi connectivity index (χ2v) is 5.07. The van der Waals surface area contributed by atoms with Gasteiger partial charge in [-0.2, -0.15) is 4.39 Å². The molecule has 0 saturated heterocycles. The van der Waals surface area contributed by atoms with Crippen LogP contribution in [0.25, 0.3) is 23.3 Å². The lowest BCUT2D eigenvalue weighted by molar-refractivity contribution is 0.407. The van der Waals surface area contributed by atoms with Gasteiger partial charge >= 0.3 is 0 Å². The van der Waals surface area contributed by atoms with Gasteiger partial charge in [-0.3, -0.25) is 4.98 Å². The first-order valence-corrected chi connectivity index (χ1v) is 6.41. The molecule has 1 aromatic heterocycles. The van der Waals surface area contributed by atoms with Crippen LogP contribution in [0.15, 0.2) is 24.4 Å². The molecule has 0 spiro atoms. The van der Waals surface area contributed by atoms with E-state index in [1.807, 2.05) is 6.07 Å². The number of rotatable bonds is 1. The van der Waals surface area contributed by atoms with Crippen LogP contribution in [-0.4, -0.2) is 10.1 Å². The van der Waals surface area contributed by atoms with Gasteiger partial charge in [0, 0.05) is 11.8 Å². The smallest absolute Gasteiger partial charge is 0.200 e. The van der Waals surface area contributed by atoms with E-state index >= 15 is 0 Å². The third-order valence-corrected chi connectivity index (χ3v) is 3.44. The molecule has 0 bridgehead atoms. The number of pyridine rings is 1. The minimum Gasteiger partial charge on any atom is -0.505 e. The summed E-state index contributed by atoms with van der Waals surface area (Å²) < 4.78 is 26.5. The first-order valence-electron chi connectivity index (χ1n) is 6.41. The van der Waals surface area contributed by atoms with Crippen LogP contribution in [-0.2, 0) is 0 Å². The first-order chi connectivity index (χ1) is 9.54. The fourth-order valence-electron chi connectivity index (χ4n) is 2.37. The Morgan fingerprint density at radius 3 is 2.75 bits per heavy atom. The number of benzene rings is 1. The van der Waals surface area contributed by atoms with Gasteiger partial charge in [0.1, 0.15) is 0 Å². The number of aromatic hydroxyl groups is 1. The highest BCUT2D eigenvalue weighted by molar-refractivity contribution is 5.65. The van der Waals surface area contributed by atoms with Gasteiger partial charge in [-0.05, 0) is 41.3 Å². The molecule has 0 radical (unpaired) electrons. The van der Waals surface area contributed by atoms with E-state index in [9.17, 15) is 13.9 Å². The monoisotopic (exact) mass is 273 g/mol. The molecule has 20 heavy (non-hydrogen) atoms. The molecule has 1 heterocycles. The molecule has 3 rings (SSSR count). The number of aromatic nitrogens is 1. The van der Waals surface area contributed by atoms with E-state index in [2.05, 4.69) is 24.1 Å². The summed E-state index contributed by atoms with van der Waals surface area (Å²) in [5.41, 5.74) is 1.06. The third-order valence-electron chi connectivity index (χ3n) is 3.44. The van der Waals surface area contributed by atoms with Crippen LogP contribution in [0.4, 0.5) is 8.78 Å². The molecule has 1 aromatic carbocycles. The van der Waals surface area contributed by atoms with Crippen LogP contribution in [0.3, 0.4) is 0 Å². The quantitative estimate of drug-likeness (QED) is 0.865. The topological polar surface area (TPSA) is 33.1 Å². The minimum absolute atomic E-state index is 0.406. The molecule has 0 saturated carbocycles. The van der Waals surface area contributed by atoms with Crippen molar-refractivity contribution in [2.75, 3.05) is 0 Å². The fourth-order valence-corrected chi connectivity index (χ4v) is 2.37. The molecule has 102 valence electrons. The van der Waals surface area contributed by atoms with Gasteiger partial charge in [0.15, 0.2) is 17.4 Å². The molecule has 1 aliphatic rings. The predicted molar refractivity (Wildman–Crippen MR) is 73.2 cm³/mol. The largest absolute Gasteiger partial charge is 0.505 e. The maximum atomic E-state index is 13.4. The van der Waals surface area contributed by atoms with Crippen LogP contribution >= 0.6 is 0 Å². The average molecular weight is 273 g/mol. The summed E-state index contributed by atoms with van der Waals surface area (Å²) in [7, 11) is 0. The molecule has 1 atom stereocenters. The molecule has 1 unspecified atom stereocenters. The molecule has 0 fully saturated rings. The Kier molecular flexibility index (Phi) is 3.01. The standard InChI is InChI=1S/C16H13F2NO/c1-9-2-3-14-11(4-9)5-12(8-19-14)10-6-13(17)16(18)15(20)7-10/h3-9,20H,2H2,1H3. The normalized spacial score (nSPS) is 17.1. The minimum atomic E-state index is -1.23. The van der Waals surface area contributed by atoms with Gasteiger partial charge < -0.3 is 5.11 Å². The van der Waals surface area contributed by atoms with Crippen LogP contribution in [0, 0.1) is 17.6 Å². The Bertz CT molecular complexity index is 776. The molecule has 4 heteroatoms. The number of nitrogens with zero attached hydrogens (tertiary/aromatic N) is 1. The SMILES string of the molecule is CC1C=c2cc(-c3cc(O)c(F)c(F)c3)cnc2=CC1. The predicted octanol–water partition coefficient (Wildman–Crippen LogP) is 2.33. The Morgan fingerprint density at radius 2 is 2.00 bits per heavy atom. The zero-order valence-electron chi connectivity index (χ0n) is 10.9.